The van der Waals surface area contributed by atoms with Crippen molar-refractivity contribution in [1.82, 2.24) is 9.97 Å². The third-order valence-corrected chi connectivity index (χ3v) is 3.32. The number of benzene rings is 1. The second-order valence-corrected chi connectivity index (χ2v) is 4.67. The van der Waals surface area contributed by atoms with Gasteiger partial charge in [0.2, 0.25) is 0 Å². The van der Waals surface area contributed by atoms with Crippen molar-refractivity contribution in [3.63, 3.8) is 0 Å². The van der Waals surface area contributed by atoms with Crippen molar-refractivity contribution in [1.29, 1.82) is 0 Å². The van der Waals surface area contributed by atoms with Crippen molar-refractivity contribution in [3.05, 3.63) is 42.2 Å². The maximum Gasteiger partial charge on any atom is 0.303 e. The van der Waals surface area contributed by atoms with Gasteiger partial charge >= 0.3 is 5.97 Å². The number of pyridine rings is 1. The van der Waals surface area contributed by atoms with Gasteiger partial charge in [-0.3, -0.25) is 9.78 Å². The van der Waals surface area contributed by atoms with Crippen LogP contribution in [0.25, 0.3) is 21.8 Å². The fraction of sp³-hybridized carbons (Fsp3) is 0.200. The largest absolute Gasteiger partial charge is 0.481 e. The van der Waals surface area contributed by atoms with Crippen LogP contribution in [0, 0.1) is 0 Å². The average molecular weight is 254 g/mol. The Bertz CT molecular complexity index is 746. The van der Waals surface area contributed by atoms with E-state index in [1.54, 1.807) is 6.20 Å². The maximum absolute atomic E-state index is 10.5. The first-order valence-corrected chi connectivity index (χ1v) is 6.30. The molecular weight excluding hydrogens is 240 g/mol. The van der Waals surface area contributed by atoms with E-state index in [0.29, 0.717) is 6.42 Å². The molecule has 2 heterocycles. The number of nitrogens with zero attached hydrogens (tertiary/aromatic N) is 1. The number of carboxylic acids is 1. The number of carbonyl (C=O) groups is 1. The van der Waals surface area contributed by atoms with E-state index >= 15 is 0 Å². The minimum Gasteiger partial charge on any atom is -0.481 e. The molecule has 3 aromatic rings. The number of hydrogen-bond donors (Lipinski definition) is 2. The quantitative estimate of drug-likeness (QED) is 0.751. The summed E-state index contributed by atoms with van der Waals surface area (Å²) in [5.41, 5.74) is 3.33. The molecule has 2 aromatic heterocycles. The number of aromatic amines is 1. The molecule has 0 saturated heterocycles. The van der Waals surface area contributed by atoms with Crippen molar-refractivity contribution in [2.24, 2.45) is 0 Å². The van der Waals surface area contributed by atoms with Crippen molar-refractivity contribution in [2.75, 3.05) is 0 Å². The van der Waals surface area contributed by atoms with E-state index in [1.807, 2.05) is 24.4 Å². The lowest BCUT2D eigenvalue weighted by Crippen LogP contribution is -1.95. The SMILES string of the molecule is O=C(O)CCCc1ccc2[nH]c3ccncc3c2c1. The summed E-state index contributed by atoms with van der Waals surface area (Å²) in [6.07, 6.45) is 5.30. The zero-order valence-corrected chi connectivity index (χ0v) is 10.4. The van der Waals surface area contributed by atoms with Gasteiger partial charge in [-0.05, 0) is 36.6 Å². The van der Waals surface area contributed by atoms with E-state index in [2.05, 4.69) is 16.0 Å². The lowest BCUT2D eigenvalue weighted by atomic mass is 10.1. The predicted octanol–water partition coefficient (Wildman–Crippen LogP) is 3.12. The molecule has 0 fully saturated rings. The summed E-state index contributed by atoms with van der Waals surface area (Å²) < 4.78 is 0. The number of fused-ring (bicyclic) bond motifs is 3. The highest BCUT2D eigenvalue weighted by atomic mass is 16.4. The standard InChI is InChI=1S/C15H14N2O2/c18-15(19)3-1-2-10-4-5-13-11(8-10)12-9-16-7-6-14(12)17-13/h4-9,17H,1-3H2,(H,18,19). The Morgan fingerprint density at radius 2 is 2.05 bits per heavy atom. The van der Waals surface area contributed by atoms with E-state index in [0.717, 1.165) is 28.2 Å². The van der Waals surface area contributed by atoms with Crippen molar-refractivity contribution >= 4 is 27.8 Å². The molecule has 1 aromatic carbocycles. The van der Waals surface area contributed by atoms with Gasteiger partial charge in [-0.2, -0.15) is 0 Å². The van der Waals surface area contributed by atoms with Crippen LogP contribution in [0.3, 0.4) is 0 Å². The molecule has 0 aliphatic heterocycles. The zero-order chi connectivity index (χ0) is 13.2. The van der Waals surface area contributed by atoms with Gasteiger partial charge in [0.05, 0.1) is 0 Å². The molecule has 0 aliphatic carbocycles. The third-order valence-electron chi connectivity index (χ3n) is 3.32. The minimum absolute atomic E-state index is 0.216. The number of rotatable bonds is 4. The summed E-state index contributed by atoms with van der Waals surface area (Å²) in [6, 6.07) is 8.18. The minimum atomic E-state index is -0.739. The number of H-pyrrole nitrogens is 1. The molecule has 4 nitrogen and oxygen atoms in total. The molecule has 96 valence electrons. The first-order chi connectivity index (χ1) is 9.24. The van der Waals surface area contributed by atoms with E-state index in [4.69, 9.17) is 5.11 Å². The molecule has 4 heteroatoms. The fourth-order valence-electron chi connectivity index (χ4n) is 2.39. The lowest BCUT2D eigenvalue weighted by Gasteiger charge is -2.00. The Morgan fingerprint density at radius 1 is 1.21 bits per heavy atom. The van der Waals surface area contributed by atoms with Crippen LogP contribution < -0.4 is 0 Å². The topological polar surface area (TPSA) is 66.0 Å². The Labute approximate surface area is 110 Å². The Kier molecular flexibility index (Phi) is 2.91. The second kappa shape index (κ2) is 4.72. The third kappa shape index (κ3) is 2.29. The monoisotopic (exact) mass is 254 g/mol. The molecular formula is C15H14N2O2. The van der Waals surface area contributed by atoms with E-state index in [9.17, 15) is 4.79 Å². The smallest absolute Gasteiger partial charge is 0.303 e. The fourth-order valence-corrected chi connectivity index (χ4v) is 2.39. The summed E-state index contributed by atoms with van der Waals surface area (Å²) >= 11 is 0. The summed E-state index contributed by atoms with van der Waals surface area (Å²) in [4.78, 5) is 18.0. The van der Waals surface area contributed by atoms with Gasteiger partial charge in [0.15, 0.2) is 0 Å². The Balaban J connectivity index is 1.95. The summed E-state index contributed by atoms with van der Waals surface area (Å²) in [5.74, 6) is -0.739. The summed E-state index contributed by atoms with van der Waals surface area (Å²) in [7, 11) is 0. The molecule has 0 aliphatic rings. The highest BCUT2D eigenvalue weighted by molar-refractivity contribution is 6.06. The Morgan fingerprint density at radius 3 is 2.89 bits per heavy atom. The van der Waals surface area contributed by atoms with Crippen LogP contribution in [0.5, 0.6) is 0 Å². The van der Waals surface area contributed by atoms with Gasteiger partial charge in [0.25, 0.3) is 0 Å². The van der Waals surface area contributed by atoms with Crippen LogP contribution >= 0.6 is 0 Å². The van der Waals surface area contributed by atoms with Crippen molar-refractivity contribution in [3.8, 4) is 0 Å². The number of hydrogen-bond acceptors (Lipinski definition) is 2. The van der Waals surface area contributed by atoms with Crippen LogP contribution in [0.4, 0.5) is 0 Å². The maximum atomic E-state index is 10.5. The number of nitrogens with one attached hydrogen (secondary N) is 1. The molecule has 3 rings (SSSR count). The van der Waals surface area contributed by atoms with Crippen LogP contribution in [-0.4, -0.2) is 21.0 Å². The van der Waals surface area contributed by atoms with Gasteiger partial charge in [-0.1, -0.05) is 6.07 Å². The molecule has 2 N–H and O–H groups in total. The highest BCUT2D eigenvalue weighted by Crippen LogP contribution is 2.25. The number of aliphatic carboxylic acids is 1. The number of aryl methyl sites for hydroxylation is 1. The normalized spacial score (nSPS) is 11.2. The first kappa shape index (κ1) is 11.7. The zero-order valence-electron chi connectivity index (χ0n) is 10.4. The summed E-state index contributed by atoms with van der Waals surface area (Å²) in [6.45, 7) is 0. The molecule has 0 radical (unpaired) electrons. The van der Waals surface area contributed by atoms with Crippen molar-refractivity contribution < 1.29 is 9.90 Å². The van der Waals surface area contributed by atoms with Gasteiger partial charge in [0, 0.05) is 40.6 Å². The lowest BCUT2D eigenvalue weighted by molar-refractivity contribution is -0.137. The van der Waals surface area contributed by atoms with Crippen LogP contribution in [0.15, 0.2) is 36.7 Å². The molecule has 0 bridgehead atoms. The van der Waals surface area contributed by atoms with Crippen LogP contribution in [0.1, 0.15) is 18.4 Å². The van der Waals surface area contributed by atoms with Crippen LogP contribution in [0.2, 0.25) is 0 Å². The molecule has 0 amide bonds. The van der Waals surface area contributed by atoms with Gasteiger partial charge in [-0.25, -0.2) is 0 Å². The van der Waals surface area contributed by atoms with E-state index in [1.165, 1.54) is 5.56 Å². The molecule has 0 spiro atoms. The summed E-state index contributed by atoms with van der Waals surface area (Å²) in [5, 5.41) is 10.9. The Hall–Kier alpha value is -2.36. The van der Waals surface area contributed by atoms with Gasteiger partial charge in [0.1, 0.15) is 0 Å². The second-order valence-electron chi connectivity index (χ2n) is 4.67. The number of aromatic nitrogens is 2. The average Bonchev–Trinajstić information content (AvgIpc) is 2.76. The highest BCUT2D eigenvalue weighted by Gasteiger charge is 2.05. The molecule has 0 saturated carbocycles. The van der Waals surface area contributed by atoms with Crippen molar-refractivity contribution in [2.45, 2.75) is 19.3 Å². The van der Waals surface area contributed by atoms with E-state index in [-0.39, 0.29) is 6.42 Å². The van der Waals surface area contributed by atoms with Crippen LogP contribution in [-0.2, 0) is 11.2 Å². The molecule has 0 unspecified atom stereocenters. The van der Waals surface area contributed by atoms with Gasteiger partial charge in [-0.15, -0.1) is 0 Å². The van der Waals surface area contributed by atoms with Gasteiger partial charge < -0.3 is 10.1 Å². The number of carboxylic acid groups (broad SMARTS) is 1. The molecule has 19 heavy (non-hydrogen) atoms. The predicted molar refractivity (Wildman–Crippen MR) is 74.2 cm³/mol. The van der Waals surface area contributed by atoms with E-state index < -0.39 is 5.97 Å². The molecule has 0 atom stereocenters. The first-order valence-electron chi connectivity index (χ1n) is 6.30.